The van der Waals surface area contributed by atoms with Gasteiger partial charge in [-0.15, -0.1) is 0 Å². The first-order valence-electron chi connectivity index (χ1n) is 10.3. The monoisotopic (exact) mass is 427 g/mol. The maximum absolute atomic E-state index is 6.02. The Balaban J connectivity index is 1.43. The molecule has 1 saturated heterocycles. The van der Waals surface area contributed by atoms with Crippen molar-refractivity contribution in [3.63, 3.8) is 0 Å². The summed E-state index contributed by atoms with van der Waals surface area (Å²) in [5.74, 6) is 3.84. The third-order valence-corrected chi connectivity index (χ3v) is 6.77. The Hall–Kier alpha value is -3.52. The molecular weight excluding hydrogens is 406 g/mol. The van der Waals surface area contributed by atoms with Crippen LogP contribution >= 0.6 is 11.8 Å². The van der Waals surface area contributed by atoms with Crippen molar-refractivity contribution in [3.05, 3.63) is 54.9 Å². The normalized spacial score (nSPS) is 14.5. The first-order chi connectivity index (χ1) is 15.3. The van der Waals surface area contributed by atoms with E-state index in [1.165, 1.54) is 0 Å². The van der Waals surface area contributed by atoms with Gasteiger partial charge < -0.3 is 15.6 Å². The number of hydrogen-bond donors (Lipinski definition) is 3. The summed E-state index contributed by atoms with van der Waals surface area (Å²) in [5, 5.41) is 9.07. The van der Waals surface area contributed by atoms with Crippen LogP contribution in [0.3, 0.4) is 0 Å². The Morgan fingerprint density at radius 3 is 2.68 bits per heavy atom. The van der Waals surface area contributed by atoms with Crippen LogP contribution in [-0.4, -0.2) is 49.7 Å². The number of hydrogen-bond acceptors (Lipinski definition) is 6. The molecule has 7 nitrogen and oxygen atoms in total. The highest BCUT2D eigenvalue weighted by atomic mass is 32.2. The molecule has 154 valence electrons. The van der Waals surface area contributed by atoms with Gasteiger partial charge in [0, 0.05) is 59.0 Å². The topological polar surface area (TPSA) is 99.5 Å². The number of fused-ring (bicyclic) bond motifs is 2. The highest BCUT2D eigenvalue weighted by molar-refractivity contribution is 7.99. The van der Waals surface area contributed by atoms with Crippen molar-refractivity contribution >= 4 is 45.3 Å². The van der Waals surface area contributed by atoms with E-state index in [2.05, 4.69) is 54.3 Å². The van der Waals surface area contributed by atoms with E-state index in [1.54, 1.807) is 0 Å². The lowest BCUT2D eigenvalue weighted by molar-refractivity contribution is 0.839. The second-order valence-electron chi connectivity index (χ2n) is 7.68. The molecule has 8 heteroatoms. The van der Waals surface area contributed by atoms with E-state index in [0.717, 1.165) is 74.7 Å². The van der Waals surface area contributed by atoms with Crippen molar-refractivity contribution in [3.8, 4) is 22.4 Å². The van der Waals surface area contributed by atoms with Crippen molar-refractivity contribution < 1.29 is 0 Å². The Morgan fingerprint density at radius 2 is 1.77 bits per heavy atom. The van der Waals surface area contributed by atoms with E-state index in [9.17, 15) is 0 Å². The SMILES string of the molecule is Nc1n[nH]c2ccc(-c3ccnc4[nH]c(-c5ccnc(N6CCSCC6)c5)cc34)cc12. The van der Waals surface area contributed by atoms with Crippen LogP contribution in [0.2, 0.25) is 0 Å². The van der Waals surface area contributed by atoms with E-state index < -0.39 is 0 Å². The zero-order chi connectivity index (χ0) is 20.8. The van der Waals surface area contributed by atoms with Crippen LogP contribution in [0.1, 0.15) is 0 Å². The first kappa shape index (κ1) is 18.3. The molecule has 1 aromatic carbocycles. The van der Waals surface area contributed by atoms with Gasteiger partial charge in [0.2, 0.25) is 0 Å². The van der Waals surface area contributed by atoms with E-state index >= 15 is 0 Å². The molecule has 0 bridgehead atoms. The molecular formula is C23H21N7S. The maximum atomic E-state index is 6.02. The van der Waals surface area contributed by atoms with Crippen molar-refractivity contribution in [1.82, 2.24) is 25.1 Å². The number of nitrogens with one attached hydrogen (secondary N) is 2. The highest BCUT2D eigenvalue weighted by Gasteiger charge is 2.15. The fraction of sp³-hybridized carbons (Fsp3) is 0.174. The van der Waals surface area contributed by atoms with Crippen molar-refractivity contribution in [2.24, 2.45) is 0 Å². The van der Waals surface area contributed by atoms with Crippen molar-refractivity contribution in [2.45, 2.75) is 0 Å². The van der Waals surface area contributed by atoms with Gasteiger partial charge in [0.05, 0.1) is 5.52 Å². The quantitative estimate of drug-likeness (QED) is 0.397. The molecule has 0 saturated carbocycles. The number of aromatic nitrogens is 5. The van der Waals surface area contributed by atoms with Gasteiger partial charge in [-0.25, -0.2) is 9.97 Å². The second-order valence-corrected chi connectivity index (χ2v) is 8.90. The zero-order valence-electron chi connectivity index (χ0n) is 16.8. The Bertz CT molecular complexity index is 1400. The highest BCUT2D eigenvalue weighted by Crippen LogP contribution is 2.34. The van der Waals surface area contributed by atoms with Crippen molar-refractivity contribution in [1.29, 1.82) is 0 Å². The first-order valence-corrected chi connectivity index (χ1v) is 11.4. The van der Waals surface area contributed by atoms with Gasteiger partial charge in [-0.05, 0) is 47.5 Å². The molecule has 4 aromatic heterocycles. The van der Waals surface area contributed by atoms with Crippen LogP contribution < -0.4 is 10.6 Å². The number of nitrogens with zero attached hydrogens (tertiary/aromatic N) is 4. The smallest absolute Gasteiger partial charge is 0.153 e. The molecule has 5 heterocycles. The Morgan fingerprint density at radius 1 is 0.903 bits per heavy atom. The molecule has 0 unspecified atom stereocenters. The van der Waals surface area contributed by atoms with Crippen LogP contribution in [0.4, 0.5) is 11.6 Å². The van der Waals surface area contributed by atoms with E-state index in [-0.39, 0.29) is 0 Å². The summed E-state index contributed by atoms with van der Waals surface area (Å²) in [7, 11) is 0. The predicted molar refractivity (Wildman–Crippen MR) is 128 cm³/mol. The van der Waals surface area contributed by atoms with Crippen LogP contribution in [-0.2, 0) is 0 Å². The van der Waals surface area contributed by atoms with Gasteiger partial charge >= 0.3 is 0 Å². The minimum absolute atomic E-state index is 0.511. The molecule has 0 spiro atoms. The summed E-state index contributed by atoms with van der Waals surface area (Å²) in [5.41, 5.74) is 12.2. The number of anilines is 2. The molecule has 31 heavy (non-hydrogen) atoms. The van der Waals surface area contributed by atoms with Gasteiger partial charge in [-0.2, -0.15) is 16.9 Å². The lowest BCUT2D eigenvalue weighted by Crippen LogP contribution is -2.33. The number of aromatic amines is 2. The van der Waals surface area contributed by atoms with Gasteiger partial charge in [-0.3, -0.25) is 5.10 Å². The molecule has 6 rings (SSSR count). The number of thioether (sulfide) groups is 1. The fourth-order valence-corrected chi connectivity index (χ4v) is 5.09. The number of nitrogen functional groups attached to an aromatic ring is 1. The van der Waals surface area contributed by atoms with Gasteiger partial charge in [0.25, 0.3) is 0 Å². The van der Waals surface area contributed by atoms with Crippen LogP contribution in [0.25, 0.3) is 44.3 Å². The zero-order valence-corrected chi connectivity index (χ0v) is 17.6. The fourth-order valence-electron chi connectivity index (χ4n) is 4.19. The van der Waals surface area contributed by atoms with Gasteiger partial charge in [0.1, 0.15) is 11.5 Å². The Labute approximate surface area is 183 Å². The van der Waals surface area contributed by atoms with Crippen molar-refractivity contribution in [2.75, 3.05) is 35.2 Å². The standard InChI is InChI=1S/C23H21N7S/c24-22-18-11-14(1-2-19(18)28-29-22)16-4-6-26-23-17(16)13-20(27-23)15-3-5-25-21(12-15)30-7-9-31-10-8-30/h1-6,11-13H,7-10H2,(H,26,27)(H3,24,28,29). The maximum Gasteiger partial charge on any atom is 0.153 e. The van der Waals surface area contributed by atoms with E-state index in [4.69, 9.17) is 5.73 Å². The number of nitrogens with two attached hydrogens (primary N) is 1. The minimum atomic E-state index is 0.511. The molecule has 1 aliphatic heterocycles. The number of H-pyrrole nitrogens is 2. The molecule has 5 aromatic rings. The number of rotatable bonds is 3. The summed E-state index contributed by atoms with van der Waals surface area (Å²) in [4.78, 5) is 15.0. The lowest BCUT2D eigenvalue weighted by Gasteiger charge is -2.27. The molecule has 0 radical (unpaired) electrons. The largest absolute Gasteiger partial charge is 0.382 e. The third kappa shape index (κ3) is 3.19. The van der Waals surface area contributed by atoms with Gasteiger partial charge in [0.15, 0.2) is 5.82 Å². The van der Waals surface area contributed by atoms with E-state index in [1.807, 2.05) is 42.4 Å². The number of pyridine rings is 2. The van der Waals surface area contributed by atoms with Crippen LogP contribution in [0, 0.1) is 0 Å². The third-order valence-electron chi connectivity index (χ3n) is 5.83. The van der Waals surface area contributed by atoms with Crippen LogP contribution in [0.5, 0.6) is 0 Å². The number of benzene rings is 1. The molecule has 0 amide bonds. The summed E-state index contributed by atoms with van der Waals surface area (Å²) in [6, 6.07) is 14.6. The van der Waals surface area contributed by atoms with Gasteiger partial charge in [-0.1, -0.05) is 6.07 Å². The molecule has 4 N–H and O–H groups in total. The average Bonchev–Trinajstić information content (AvgIpc) is 3.43. The lowest BCUT2D eigenvalue weighted by atomic mass is 10.0. The predicted octanol–water partition coefficient (Wildman–Crippen LogP) is 4.30. The van der Waals surface area contributed by atoms with Crippen LogP contribution in [0.15, 0.2) is 54.9 Å². The Kier molecular flexibility index (Phi) is 4.31. The average molecular weight is 428 g/mol. The summed E-state index contributed by atoms with van der Waals surface area (Å²) in [6.45, 7) is 2.08. The minimum Gasteiger partial charge on any atom is -0.382 e. The summed E-state index contributed by atoms with van der Waals surface area (Å²) < 4.78 is 0. The molecule has 1 aliphatic rings. The molecule has 0 atom stereocenters. The molecule has 1 fully saturated rings. The summed E-state index contributed by atoms with van der Waals surface area (Å²) in [6.07, 6.45) is 3.73. The molecule has 0 aliphatic carbocycles. The summed E-state index contributed by atoms with van der Waals surface area (Å²) >= 11 is 2.00. The second kappa shape index (κ2) is 7.31. The van der Waals surface area contributed by atoms with E-state index in [0.29, 0.717) is 5.82 Å².